The van der Waals surface area contributed by atoms with Crippen LogP contribution in [0.5, 0.6) is 0 Å². The Morgan fingerprint density at radius 3 is 0.762 bits per heavy atom. The highest BCUT2D eigenvalue weighted by atomic mass is 16.6. The van der Waals surface area contributed by atoms with Crippen molar-refractivity contribution in [3.05, 3.63) is 85.1 Å². The smallest absolute Gasteiger partial charge is 0.306 e. The van der Waals surface area contributed by atoms with Crippen LogP contribution >= 0.6 is 0 Å². The third-order valence-electron chi connectivity index (χ3n) is 15.2. The summed E-state index contributed by atoms with van der Waals surface area (Å²) in [6.07, 6.45) is 90.3. The second-order valence-corrected chi connectivity index (χ2v) is 23.1. The van der Waals surface area contributed by atoms with Crippen molar-refractivity contribution in [2.45, 2.75) is 354 Å². The van der Waals surface area contributed by atoms with Crippen LogP contribution in [0.4, 0.5) is 0 Å². The van der Waals surface area contributed by atoms with Gasteiger partial charge in [-0.2, -0.15) is 0 Å². The maximum Gasteiger partial charge on any atom is 0.306 e. The lowest BCUT2D eigenvalue weighted by Gasteiger charge is -2.18. The van der Waals surface area contributed by atoms with E-state index in [0.29, 0.717) is 19.3 Å². The highest BCUT2D eigenvalue weighted by molar-refractivity contribution is 5.71. The van der Waals surface area contributed by atoms with Crippen LogP contribution in [0.3, 0.4) is 0 Å². The lowest BCUT2D eigenvalue weighted by atomic mass is 10.0. The summed E-state index contributed by atoms with van der Waals surface area (Å²) >= 11 is 0. The zero-order valence-electron chi connectivity index (χ0n) is 53.1. The van der Waals surface area contributed by atoms with E-state index in [2.05, 4.69) is 106 Å². The minimum atomic E-state index is -0.789. The molecule has 0 aliphatic rings. The zero-order chi connectivity index (χ0) is 57.8. The average molecular weight is 1120 g/mol. The first-order valence-electron chi connectivity index (χ1n) is 34.6. The Morgan fingerprint density at radius 1 is 0.263 bits per heavy atom. The summed E-state index contributed by atoms with van der Waals surface area (Å²) in [6, 6.07) is 0. The van der Waals surface area contributed by atoms with Crippen LogP contribution in [-0.4, -0.2) is 37.2 Å². The van der Waals surface area contributed by atoms with Crippen LogP contribution in [0.2, 0.25) is 0 Å². The Hall–Kier alpha value is -3.41. The van der Waals surface area contributed by atoms with Crippen molar-refractivity contribution >= 4 is 17.9 Å². The molecule has 80 heavy (non-hydrogen) atoms. The van der Waals surface area contributed by atoms with E-state index in [-0.39, 0.29) is 31.1 Å². The molecule has 6 heteroatoms. The van der Waals surface area contributed by atoms with Crippen molar-refractivity contribution in [1.82, 2.24) is 0 Å². The second kappa shape index (κ2) is 68.1. The van der Waals surface area contributed by atoms with Gasteiger partial charge < -0.3 is 14.2 Å². The molecule has 0 N–H and O–H groups in total. The molecule has 0 aliphatic carbocycles. The van der Waals surface area contributed by atoms with Gasteiger partial charge in [0.2, 0.25) is 0 Å². The quantitative estimate of drug-likeness (QED) is 0.0261. The molecule has 0 bridgehead atoms. The normalized spacial score (nSPS) is 12.6. The van der Waals surface area contributed by atoms with Crippen LogP contribution in [0, 0.1) is 0 Å². The molecule has 0 spiro atoms. The number of esters is 3. The number of unbranched alkanes of at least 4 members (excludes halogenated alkanes) is 38. The number of carbonyl (C=O) groups excluding carboxylic acids is 3. The Labute approximate surface area is 496 Å². The van der Waals surface area contributed by atoms with E-state index in [4.69, 9.17) is 14.2 Å². The predicted octanol–water partition coefficient (Wildman–Crippen LogP) is 23.8. The molecule has 0 aliphatic heterocycles. The molecule has 1 unspecified atom stereocenters. The molecule has 0 aromatic heterocycles. The van der Waals surface area contributed by atoms with Gasteiger partial charge in [0.15, 0.2) is 6.10 Å². The highest BCUT2D eigenvalue weighted by Gasteiger charge is 2.19. The lowest BCUT2D eigenvalue weighted by Crippen LogP contribution is -2.30. The molecule has 0 aromatic rings. The minimum absolute atomic E-state index is 0.0824. The van der Waals surface area contributed by atoms with Crippen molar-refractivity contribution in [2.75, 3.05) is 13.2 Å². The van der Waals surface area contributed by atoms with E-state index < -0.39 is 6.10 Å². The van der Waals surface area contributed by atoms with Gasteiger partial charge in [-0.3, -0.25) is 14.4 Å². The summed E-state index contributed by atoms with van der Waals surface area (Å²) in [5, 5.41) is 0. The maximum atomic E-state index is 13.0. The van der Waals surface area contributed by atoms with Crippen LogP contribution in [0.25, 0.3) is 0 Å². The van der Waals surface area contributed by atoms with Gasteiger partial charge in [-0.25, -0.2) is 0 Å². The van der Waals surface area contributed by atoms with Gasteiger partial charge in [-0.15, -0.1) is 0 Å². The van der Waals surface area contributed by atoms with E-state index in [1.807, 2.05) is 0 Å². The molecule has 0 aromatic carbocycles. The van der Waals surface area contributed by atoms with Crippen molar-refractivity contribution in [2.24, 2.45) is 0 Å². The van der Waals surface area contributed by atoms with Crippen LogP contribution in [0.15, 0.2) is 85.1 Å². The van der Waals surface area contributed by atoms with Gasteiger partial charge in [0.25, 0.3) is 0 Å². The van der Waals surface area contributed by atoms with Crippen molar-refractivity contribution in [3.8, 4) is 0 Å². The van der Waals surface area contributed by atoms with Crippen LogP contribution in [-0.2, 0) is 28.6 Å². The SMILES string of the molecule is CC/C=C\C/C=C\C/C=C\C/C=C\C/C=C\C/C=C\C/C=C\CCCCCC(=O)OCC(COC(=O)CCCCCCCCCCCCCCCCCC)OC(=O)CCCCCCCCCCCCCCCCCCCCCCC. The summed E-state index contributed by atoms with van der Waals surface area (Å²) in [7, 11) is 0. The minimum Gasteiger partial charge on any atom is -0.462 e. The predicted molar refractivity (Wildman–Crippen MR) is 348 cm³/mol. The van der Waals surface area contributed by atoms with Gasteiger partial charge in [0, 0.05) is 19.3 Å². The van der Waals surface area contributed by atoms with Gasteiger partial charge in [-0.05, 0) is 77.0 Å². The fourth-order valence-electron chi connectivity index (χ4n) is 10.0. The van der Waals surface area contributed by atoms with Crippen LogP contribution < -0.4 is 0 Å². The summed E-state index contributed by atoms with van der Waals surface area (Å²) in [5.41, 5.74) is 0. The molecular formula is C74H130O6. The van der Waals surface area contributed by atoms with E-state index in [1.54, 1.807) is 0 Å². The van der Waals surface area contributed by atoms with Crippen LogP contribution in [0.1, 0.15) is 348 Å². The fraction of sp³-hybridized carbons (Fsp3) is 0.770. The first-order valence-corrected chi connectivity index (χ1v) is 34.6. The number of carbonyl (C=O) groups is 3. The number of hydrogen-bond acceptors (Lipinski definition) is 6. The highest BCUT2D eigenvalue weighted by Crippen LogP contribution is 2.18. The monoisotopic (exact) mass is 1110 g/mol. The fourth-order valence-corrected chi connectivity index (χ4v) is 10.0. The molecule has 0 saturated carbocycles. The van der Waals surface area contributed by atoms with E-state index >= 15 is 0 Å². The maximum absolute atomic E-state index is 13.0. The topological polar surface area (TPSA) is 78.9 Å². The van der Waals surface area contributed by atoms with Crippen molar-refractivity contribution in [1.29, 1.82) is 0 Å². The van der Waals surface area contributed by atoms with Gasteiger partial charge in [-0.1, -0.05) is 337 Å². The van der Waals surface area contributed by atoms with E-state index in [0.717, 1.165) is 109 Å². The number of ether oxygens (including phenoxy) is 3. The molecule has 0 fully saturated rings. The Bertz CT molecular complexity index is 1520. The molecule has 0 rings (SSSR count). The van der Waals surface area contributed by atoms with Gasteiger partial charge in [0.1, 0.15) is 13.2 Å². The molecule has 0 radical (unpaired) electrons. The molecule has 1 atom stereocenters. The summed E-state index contributed by atoms with van der Waals surface area (Å²) in [4.78, 5) is 38.4. The third-order valence-corrected chi connectivity index (χ3v) is 15.2. The molecule has 6 nitrogen and oxygen atoms in total. The standard InChI is InChI=1S/C74H130O6/c1-4-7-10-13-16-19-22-25-28-31-33-35-36-37-38-40-41-43-46-49-52-55-58-61-64-67-73(76)79-70-71(69-78-72(75)66-63-60-57-54-51-48-45-30-27-24-21-18-15-12-9-6-3)80-74(77)68-65-62-59-56-53-50-47-44-42-39-34-32-29-26-23-20-17-14-11-8-5-2/h7,10,16,19,25,28,33,35,37-38,41,43,49,52,71H,4-6,8-9,11-15,17-18,20-24,26-27,29-32,34,36,39-40,42,44-48,50-51,53-70H2,1-3H3/b10-7-,19-16-,28-25-,35-33-,38-37-,43-41-,52-49-. The lowest BCUT2D eigenvalue weighted by molar-refractivity contribution is -0.167. The molecular weight excluding hydrogens is 985 g/mol. The number of rotatable bonds is 63. The summed E-state index contributed by atoms with van der Waals surface area (Å²) < 4.78 is 17.0. The molecule has 0 amide bonds. The number of hydrogen-bond donors (Lipinski definition) is 0. The molecule has 462 valence electrons. The summed E-state index contributed by atoms with van der Waals surface area (Å²) in [5.74, 6) is -0.895. The van der Waals surface area contributed by atoms with E-state index in [9.17, 15) is 14.4 Å². The first kappa shape index (κ1) is 76.6. The molecule has 0 heterocycles. The molecule has 0 saturated heterocycles. The largest absolute Gasteiger partial charge is 0.462 e. The van der Waals surface area contributed by atoms with E-state index in [1.165, 1.54) is 199 Å². The Morgan fingerprint density at radius 2 is 0.487 bits per heavy atom. The van der Waals surface area contributed by atoms with Crippen molar-refractivity contribution < 1.29 is 28.6 Å². The third kappa shape index (κ3) is 65.4. The average Bonchev–Trinajstić information content (AvgIpc) is 3.46. The Balaban J connectivity index is 4.40. The zero-order valence-corrected chi connectivity index (χ0v) is 53.1. The Kier molecular flexibility index (Phi) is 65.2. The van der Waals surface area contributed by atoms with Gasteiger partial charge in [0.05, 0.1) is 0 Å². The first-order chi connectivity index (χ1) is 39.5. The summed E-state index contributed by atoms with van der Waals surface area (Å²) in [6.45, 7) is 6.56. The second-order valence-electron chi connectivity index (χ2n) is 23.1. The van der Waals surface area contributed by atoms with Crippen molar-refractivity contribution in [3.63, 3.8) is 0 Å². The van der Waals surface area contributed by atoms with Gasteiger partial charge >= 0.3 is 17.9 Å². The number of allylic oxidation sites excluding steroid dienone is 14.